The third kappa shape index (κ3) is 3.40. The first-order valence-electron chi connectivity index (χ1n) is 6.81. The van der Waals surface area contributed by atoms with Crippen molar-refractivity contribution in [3.63, 3.8) is 0 Å². The lowest BCUT2D eigenvalue weighted by Gasteiger charge is -2.22. The van der Waals surface area contributed by atoms with Gasteiger partial charge in [-0.15, -0.1) is 0 Å². The third-order valence-electron chi connectivity index (χ3n) is 3.40. The van der Waals surface area contributed by atoms with Crippen LogP contribution in [0.4, 0.5) is 5.13 Å². The van der Waals surface area contributed by atoms with Gasteiger partial charge in [-0.2, -0.15) is 4.37 Å². The summed E-state index contributed by atoms with van der Waals surface area (Å²) in [6.45, 7) is 3.74. The van der Waals surface area contributed by atoms with Gasteiger partial charge in [0.05, 0.1) is 12.7 Å². The van der Waals surface area contributed by atoms with Crippen molar-refractivity contribution in [3.05, 3.63) is 5.82 Å². The molecule has 1 saturated carbocycles. The van der Waals surface area contributed by atoms with Gasteiger partial charge in [0.1, 0.15) is 5.82 Å². The van der Waals surface area contributed by atoms with Crippen molar-refractivity contribution < 1.29 is 4.74 Å². The molecule has 2 aliphatic rings. The van der Waals surface area contributed by atoms with E-state index in [1.165, 1.54) is 24.4 Å². The molecule has 1 aromatic rings. The van der Waals surface area contributed by atoms with Gasteiger partial charge in [0.15, 0.2) is 0 Å². The molecule has 5 nitrogen and oxygen atoms in total. The van der Waals surface area contributed by atoms with E-state index < -0.39 is 0 Å². The summed E-state index contributed by atoms with van der Waals surface area (Å²) < 4.78 is 10.2. The number of nitrogens with zero attached hydrogens (tertiary/aromatic N) is 2. The first kappa shape index (κ1) is 12.3. The quantitative estimate of drug-likeness (QED) is 0.767. The fraction of sp³-hybridized carbons (Fsp3) is 0.833. The van der Waals surface area contributed by atoms with Gasteiger partial charge >= 0.3 is 0 Å². The summed E-state index contributed by atoms with van der Waals surface area (Å²) in [4.78, 5) is 4.49. The SMILES string of the molecule is C1CC(OCCNc2nc(C3CC3)ns2)CCN1. The topological polar surface area (TPSA) is 59.1 Å². The first-order valence-corrected chi connectivity index (χ1v) is 7.59. The molecule has 1 saturated heterocycles. The van der Waals surface area contributed by atoms with E-state index in [0.29, 0.717) is 12.0 Å². The lowest BCUT2D eigenvalue weighted by Crippen LogP contribution is -2.33. The molecule has 0 unspecified atom stereocenters. The Kier molecular flexibility index (Phi) is 4.07. The molecule has 1 aliphatic carbocycles. The van der Waals surface area contributed by atoms with E-state index in [4.69, 9.17) is 4.74 Å². The molecule has 0 aromatic carbocycles. The second-order valence-electron chi connectivity index (χ2n) is 4.98. The summed E-state index contributed by atoms with van der Waals surface area (Å²) in [6, 6.07) is 0. The molecule has 0 atom stereocenters. The predicted molar refractivity (Wildman–Crippen MR) is 72.2 cm³/mol. The van der Waals surface area contributed by atoms with Crippen molar-refractivity contribution in [2.45, 2.75) is 37.7 Å². The maximum absolute atomic E-state index is 5.83. The number of ether oxygens (including phenoxy) is 1. The molecule has 0 spiro atoms. The van der Waals surface area contributed by atoms with Gasteiger partial charge in [-0.1, -0.05) is 0 Å². The Morgan fingerprint density at radius 1 is 1.28 bits per heavy atom. The Morgan fingerprint density at radius 2 is 2.11 bits per heavy atom. The molecular formula is C12H20N4OS. The van der Waals surface area contributed by atoms with E-state index in [9.17, 15) is 0 Å². The summed E-state index contributed by atoms with van der Waals surface area (Å²) >= 11 is 1.47. The molecule has 18 heavy (non-hydrogen) atoms. The number of rotatable bonds is 6. The summed E-state index contributed by atoms with van der Waals surface area (Å²) in [7, 11) is 0. The van der Waals surface area contributed by atoms with Gasteiger partial charge in [-0.3, -0.25) is 0 Å². The lowest BCUT2D eigenvalue weighted by atomic mass is 10.1. The van der Waals surface area contributed by atoms with Crippen molar-refractivity contribution in [1.82, 2.24) is 14.7 Å². The number of hydrogen-bond acceptors (Lipinski definition) is 6. The van der Waals surface area contributed by atoms with Gasteiger partial charge in [0.25, 0.3) is 0 Å². The minimum absolute atomic E-state index is 0.435. The smallest absolute Gasteiger partial charge is 0.202 e. The van der Waals surface area contributed by atoms with Crippen LogP contribution in [-0.2, 0) is 4.74 Å². The van der Waals surface area contributed by atoms with Crippen molar-refractivity contribution in [2.75, 3.05) is 31.6 Å². The van der Waals surface area contributed by atoms with E-state index in [-0.39, 0.29) is 0 Å². The van der Waals surface area contributed by atoms with Crippen molar-refractivity contribution >= 4 is 16.7 Å². The van der Waals surface area contributed by atoms with Gasteiger partial charge in [0.2, 0.25) is 5.13 Å². The maximum Gasteiger partial charge on any atom is 0.202 e. The van der Waals surface area contributed by atoms with Gasteiger partial charge < -0.3 is 15.4 Å². The zero-order valence-electron chi connectivity index (χ0n) is 10.5. The summed E-state index contributed by atoms with van der Waals surface area (Å²) in [5.41, 5.74) is 0. The van der Waals surface area contributed by atoms with Gasteiger partial charge in [0, 0.05) is 24.0 Å². The third-order valence-corrected chi connectivity index (χ3v) is 4.09. The molecule has 3 rings (SSSR count). The molecule has 2 N–H and O–H groups in total. The molecule has 0 amide bonds. The molecule has 100 valence electrons. The van der Waals surface area contributed by atoms with Gasteiger partial charge in [-0.25, -0.2) is 4.98 Å². The molecule has 2 heterocycles. The summed E-state index contributed by atoms with van der Waals surface area (Å²) in [6.07, 6.45) is 5.21. The van der Waals surface area contributed by atoms with Crippen LogP contribution in [0.3, 0.4) is 0 Å². The standard InChI is InChI=1S/C12H20N4OS/c1-2-9(1)11-15-12(18-16-11)14-7-8-17-10-3-5-13-6-4-10/h9-10,13H,1-8H2,(H,14,15,16). The van der Waals surface area contributed by atoms with Crippen LogP contribution in [0.1, 0.15) is 37.4 Å². The molecule has 2 fully saturated rings. The fourth-order valence-electron chi connectivity index (χ4n) is 2.16. The van der Waals surface area contributed by atoms with E-state index in [2.05, 4.69) is 20.0 Å². The highest BCUT2D eigenvalue weighted by atomic mass is 32.1. The highest BCUT2D eigenvalue weighted by molar-refractivity contribution is 7.09. The van der Waals surface area contributed by atoms with Crippen LogP contribution < -0.4 is 10.6 Å². The minimum Gasteiger partial charge on any atom is -0.376 e. The lowest BCUT2D eigenvalue weighted by molar-refractivity contribution is 0.0394. The van der Waals surface area contributed by atoms with E-state index in [1.54, 1.807) is 0 Å². The Morgan fingerprint density at radius 3 is 2.89 bits per heavy atom. The average molecular weight is 268 g/mol. The molecular weight excluding hydrogens is 248 g/mol. The Balaban J connectivity index is 1.33. The van der Waals surface area contributed by atoms with Crippen LogP contribution in [0.2, 0.25) is 0 Å². The Labute approximate surface area is 112 Å². The zero-order chi connectivity index (χ0) is 12.2. The Hall–Kier alpha value is -0.720. The van der Waals surface area contributed by atoms with Crippen molar-refractivity contribution in [2.24, 2.45) is 0 Å². The van der Waals surface area contributed by atoms with Crippen LogP contribution in [0.5, 0.6) is 0 Å². The van der Waals surface area contributed by atoms with Crippen LogP contribution in [0.15, 0.2) is 0 Å². The van der Waals surface area contributed by atoms with E-state index in [0.717, 1.165) is 50.0 Å². The average Bonchev–Trinajstić information content (AvgIpc) is 3.16. The Bertz CT molecular complexity index is 374. The second kappa shape index (κ2) is 5.95. The van der Waals surface area contributed by atoms with Crippen LogP contribution in [0.25, 0.3) is 0 Å². The van der Waals surface area contributed by atoms with E-state index in [1.807, 2.05) is 0 Å². The largest absolute Gasteiger partial charge is 0.376 e. The normalized spacial score (nSPS) is 21.1. The first-order chi connectivity index (χ1) is 8.92. The summed E-state index contributed by atoms with van der Waals surface area (Å²) in [5, 5.41) is 7.57. The number of nitrogens with one attached hydrogen (secondary N) is 2. The maximum atomic E-state index is 5.83. The molecule has 0 radical (unpaired) electrons. The van der Waals surface area contributed by atoms with Crippen LogP contribution >= 0.6 is 11.5 Å². The van der Waals surface area contributed by atoms with Crippen molar-refractivity contribution in [1.29, 1.82) is 0 Å². The molecule has 1 aliphatic heterocycles. The number of aromatic nitrogens is 2. The molecule has 1 aromatic heterocycles. The fourth-order valence-corrected chi connectivity index (χ4v) is 2.83. The van der Waals surface area contributed by atoms with Crippen LogP contribution in [-0.4, -0.2) is 41.7 Å². The number of piperidine rings is 1. The number of anilines is 1. The second-order valence-corrected chi connectivity index (χ2v) is 5.73. The highest BCUT2D eigenvalue weighted by Gasteiger charge is 2.27. The zero-order valence-corrected chi connectivity index (χ0v) is 11.3. The summed E-state index contributed by atoms with van der Waals surface area (Å²) in [5.74, 6) is 1.67. The molecule has 0 bridgehead atoms. The monoisotopic (exact) mass is 268 g/mol. The van der Waals surface area contributed by atoms with Gasteiger partial charge in [-0.05, 0) is 38.8 Å². The number of hydrogen-bond donors (Lipinski definition) is 2. The molecule has 6 heteroatoms. The minimum atomic E-state index is 0.435. The van der Waals surface area contributed by atoms with E-state index >= 15 is 0 Å². The van der Waals surface area contributed by atoms with Crippen LogP contribution in [0, 0.1) is 0 Å². The van der Waals surface area contributed by atoms with Crippen molar-refractivity contribution in [3.8, 4) is 0 Å². The highest BCUT2D eigenvalue weighted by Crippen LogP contribution is 2.39. The predicted octanol–water partition coefficient (Wildman–Crippen LogP) is 1.60.